The molecule has 2 fully saturated rings. The SMILES string of the molecule is COCCCN1C(=O)N(c2ncc(C#N)cn2)CC12CCC(c1ccccc1)(N(C)C)CC2. The molecule has 1 saturated carbocycles. The number of benzene rings is 1. The molecule has 2 heterocycles. The Morgan fingerprint density at radius 1 is 1.12 bits per heavy atom. The van der Waals surface area contributed by atoms with Crippen LogP contribution in [0.25, 0.3) is 0 Å². The van der Waals surface area contributed by atoms with Gasteiger partial charge >= 0.3 is 6.03 Å². The standard InChI is InChI=1S/C25H32N6O2/c1-29(2)25(21-8-5-4-6-9-21)12-10-24(11-13-25)19-30(22-27-17-20(16-26)18-28-22)23(32)31(24)14-7-15-33-3/h4-6,8-9,17-18H,7,10-15,19H2,1-3H3. The van der Waals surface area contributed by atoms with Crippen molar-refractivity contribution in [2.45, 2.75) is 43.2 Å². The van der Waals surface area contributed by atoms with E-state index in [0.29, 0.717) is 31.2 Å². The summed E-state index contributed by atoms with van der Waals surface area (Å²) in [7, 11) is 5.99. The Morgan fingerprint density at radius 2 is 1.79 bits per heavy atom. The highest BCUT2D eigenvalue weighted by molar-refractivity contribution is 5.93. The highest BCUT2D eigenvalue weighted by atomic mass is 16.5. The van der Waals surface area contributed by atoms with Crippen LogP contribution < -0.4 is 4.90 Å². The first-order valence-electron chi connectivity index (χ1n) is 11.5. The van der Waals surface area contributed by atoms with E-state index in [1.165, 1.54) is 18.0 Å². The molecule has 0 atom stereocenters. The van der Waals surface area contributed by atoms with Crippen molar-refractivity contribution in [2.24, 2.45) is 0 Å². The van der Waals surface area contributed by atoms with E-state index in [-0.39, 0.29) is 17.1 Å². The van der Waals surface area contributed by atoms with Gasteiger partial charge in [0.25, 0.3) is 0 Å². The van der Waals surface area contributed by atoms with Crippen LogP contribution in [0.15, 0.2) is 42.7 Å². The highest BCUT2D eigenvalue weighted by Crippen LogP contribution is 2.49. The third kappa shape index (κ3) is 4.19. The second kappa shape index (κ2) is 9.46. The molecule has 1 saturated heterocycles. The number of ether oxygens (including phenoxy) is 1. The maximum absolute atomic E-state index is 13.5. The van der Waals surface area contributed by atoms with Crippen LogP contribution in [0.5, 0.6) is 0 Å². The van der Waals surface area contributed by atoms with Crippen molar-refractivity contribution in [2.75, 3.05) is 45.8 Å². The summed E-state index contributed by atoms with van der Waals surface area (Å²) in [5, 5.41) is 9.06. The molecule has 0 bridgehead atoms. The molecule has 1 aliphatic carbocycles. The van der Waals surface area contributed by atoms with Crippen molar-refractivity contribution in [1.29, 1.82) is 5.26 Å². The first-order chi connectivity index (χ1) is 16.0. The fourth-order valence-corrected chi connectivity index (χ4v) is 5.47. The van der Waals surface area contributed by atoms with Gasteiger partial charge in [-0.1, -0.05) is 30.3 Å². The van der Waals surface area contributed by atoms with Gasteiger partial charge in [0, 0.05) is 25.8 Å². The van der Waals surface area contributed by atoms with Crippen molar-refractivity contribution < 1.29 is 9.53 Å². The molecule has 0 N–H and O–H groups in total. The number of hydrogen-bond donors (Lipinski definition) is 0. The number of nitriles is 1. The van der Waals surface area contributed by atoms with Gasteiger partial charge in [0.2, 0.25) is 5.95 Å². The smallest absolute Gasteiger partial charge is 0.327 e. The summed E-state index contributed by atoms with van der Waals surface area (Å²) in [6.45, 7) is 1.81. The van der Waals surface area contributed by atoms with Gasteiger partial charge in [0.05, 0.1) is 30.0 Å². The first-order valence-corrected chi connectivity index (χ1v) is 11.5. The molecule has 174 valence electrons. The third-order valence-corrected chi connectivity index (χ3v) is 7.40. The molecule has 2 aromatic rings. The van der Waals surface area contributed by atoms with Gasteiger partial charge in [-0.2, -0.15) is 5.26 Å². The molecule has 2 amide bonds. The Bertz CT molecular complexity index is 994. The van der Waals surface area contributed by atoms with E-state index in [1.54, 1.807) is 12.0 Å². The minimum atomic E-state index is -0.267. The second-order valence-electron chi connectivity index (χ2n) is 9.27. The number of hydrogen-bond acceptors (Lipinski definition) is 6. The minimum absolute atomic E-state index is 0.0495. The van der Waals surface area contributed by atoms with E-state index in [0.717, 1.165) is 32.1 Å². The van der Waals surface area contributed by atoms with Gasteiger partial charge in [-0.05, 0) is 51.8 Å². The zero-order chi connectivity index (χ0) is 23.5. The zero-order valence-electron chi connectivity index (χ0n) is 19.7. The summed E-state index contributed by atoms with van der Waals surface area (Å²) >= 11 is 0. The molecule has 33 heavy (non-hydrogen) atoms. The van der Waals surface area contributed by atoms with E-state index in [1.807, 2.05) is 11.0 Å². The van der Waals surface area contributed by atoms with Crippen LogP contribution in [0.3, 0.4) is 0 Å². The van der Waals surface area contributed by atoms with E-state index in [2.05, 4.69) is 59.3 Å². The first kappa shape index (κ1) is 23.1. The van der Waals surface area contributed by atoms with Crippen LogP contribution in [-0.2, 0) is 10.3 Å². The van der Waals surface area contributed by atoms with Crippen LogP contribution in [0.1, 0.15) is 43.2 Å². The number of amides is 2. The average molecular weight is 449 g/mol. The second-order valence-corrected chi connectivity index (χ2v) is 9.27. The molecule has 8 nitrogen and oxygen atoms in total. The van der Waals surface area contributed by atoms with E-state index in [4.69, 9.17) is 10.00 Å². The molecule has 4 rings (SSSR count). The number of nitrogens with zero attached hydrogens (tertiary/aromatic N) is 6. The lowest BCUT2D eigenvalue weighted by atomic mass is 9.68. The molecule has 8 heteroatoms. The molecule has 0 unspecified atom stereocenters. The third-order valence-electron chi connectivity index (χ3n) is 7.40. The Labute approximate surface area is 195 Å². The van der Waals surface area contributed by atoms with E-state index in [9.17, 15) is 4.79 Å². The van der Waals surface area contributed by atoms with Gasteiger partial charge < -0.3 is 9.64 Å². The summed E-state index contributed by atoms with van der Waals surface area (Å²) in [5.74, 6) is 0.361. The van der Waals surface area contributed by atoms with E-state index < -0.39 is 0 Å². The summed E-state index contributed by atoms with van der Waals surface area (Å²) in [6, 6.07) is 12.7. The fraction of sp³-hybridized carbons (Fsp3) is 0.520. The lowest BCUT2D eigenvalue weighted by Gasteiger charge is -2.51. The highest BCUT2D eigenvalue weighted by Gasteiger charge is 2.55. The molecule has 1 aliphatic heterocycles. The van der Waals surface area contributed by atoms with E-state index >= 15 is 0 Å². The van der Waals surface area contributed by atoms with Crippen molar-refractivity contribution in [3.05, 3.63) is 53.9 Å². The largest absolute Gasteiger partial charge is 0.385 e. The lowest BCUT2D eigenvalue weighted by Crippen LogP contribution is -2.55. The maximum Gasteiger partial charge on any atom is 0.327 e. The van der Waals surface area contributed by atoms with Gasteiger partial charge in [-0.25, -0.2) is 14.8 Å². The number of carbonyl (C=O) groups excluding carboxylic acids is 1. The number of aromatic nitrogens is 2. The Hall–Kier alpha value is -3.02. The summed E-state index contributed by atoms with van der Waals surface area (Å²) in [5.41, 5.74) is 1.39. The number of methoxy groups -OCH3 is 1. The predicted molar refractivity (Wildman–Crippen MR) is 126 cm³/mol. The number of carbonyl (C=O) groups is 1. The summed E-state index contributed by atoms with van der Waals surface area (Å²) in [4.78, 5) is 28.2. The summed E-state index contributed by atoms with van der Waals surface area (Å²) in [6.07, 6.45) is 7.44. The minimum Gasteiger partial charge on any atom is -0.385 e. The van der Waals surface area contributed by atoms with Crippen molar-refractivity contribution in [1.82, 2.24) is 19.8 Å². The van der Waals surface area contributed by atoms with Crippen LogP contribution in [0.2, 0.25) is 0 Å². The molecular formula is C25H32N6O2. The number of rotatable bonds is 7. The van der Waals surface area contributed by atoms with Crippen LogP contribution >= 0.6 is 0 Å². The molecule has 1 aromatic carbocycles. The van der Waals surface area contributed by atoms with Crippen LogP contribution in [-0.4, -0.2) is 72.2 Å². The molecule has 1 spiro atoms. The van der Waals surface area contributed by atoms with Crippen molar-refractivity contribution in [3.8, 4) is 6.07 Å². The van der Waals surface area contributed by atoms with Gasteiger partial charge in [0.15, 0.2) is 0 Å². The monoisotopic (exact) mass is 448 g/mol. The van der Waals surface area contributed by atoms with Gasteiger partial charge in [-0.3, -0.25) is 9.80 Å². The molecule has 0 radical (unpaired) electrons. The topological polar surface area (TPSA) is 85.6 Å². The average Bonchev–Trinajstić information content (AvgIpc) is 3.11. The van der Waals surface area contributed by atoms with Crippen LogP contribution in [0, 0.1) is 11.3 Å². The Morgan fingerprint density at radius 3 is 2.36 bits per heavy atom. The lowest BCUT2D eigenvalue weighted by molar-refractivity contribution is 0.0240. The summed E-state index contributed by atoms with van der Waals surface area (Å²) < 4.78 is 5.26. The normalized spacial score (nSPS) is 25.1. The number of anilines is 1. The maximum atomic E-state index is 13.5. The van der Waals surface area contributed by atoms with Crippen LogP contribution in [0.4, 0.5) is 10.7 Å². The molecular weight excluding hydrogens is 416 g/mol. The van der Waals surface area contributed by atoms with Crippen molar-refractivity contribution in [3.63, 3.8) is 0 Å². The molecule has 1 aromatic heterocycles. The Kier molecular flexibility index (Phi) is 6.63. The number of urea groups is 1. The van der Waals surface area contributed by atoms with Gasteiger partial charge in [0.1, 0.15) is 6.07 Å². The molecule has 2 aliphatic rings. The Balaban J connectivity index is 1.62. The van der Waals surface area contributed by atoms with Gasteiger partial charge in [-0.15, -0.1) is 0 Å². The fourth-order valence-electron chi connectivity index (χ4n) is 5.47. The van der Waals surface area contributed by atoms with Crippen molar-refractivity contribution >= 4 is 12.0 Å². The predicted octanol–water partition coefficient (Wildman–Crippen LogP) is 3.40. The zero-order valence-corrected chi connectivity index (χ0v) is 19.7. The quantitative estimate of drug-likeness (QED) is 0.604.